The number of aryl methyl sites for hydroxylation is 1. The van der Waals surface area contributed by atoms with Crippen molar-refractivity contribution >= 4 is 11.6 Å². The molecular weight excluding hydrogens is 314 g/mol. The molecule has 0 N–H and O–H groups in total. The molecule has 5 nitrogen and oxygen atoms in total. The van der Waals surface area contributed by atoms with Gasteiger partial charge in [-0.15, -0.1) is 0 Å². The van der Waals surface area contributed by atoms with Gasteiger partial charge in [-0.2, -0.15) is 0 Å². The number of aromatic nitrogens is 2. The molecule has 0 radical (unpaired) electrons. The van der Waals surface area contributed by atoms with E-state index in [0.717, 1.165) is 41.2 Å². The van der Waals surface area contributed by atoms with E-state index in [9.17, 15) is 4.79 Å². The standard InChI is InChI=1S/C20H21N3O2/c1-14-5-4-9-22-16(13-21-20(14)22)12-19(24)23-10-8-18(23)15-6-3-7-17(11-15)25-2/h3-7,9,11,13,18H,8,10,12H2,1-2H3. The van der Waals surface area contributed by atoms with E-state index in [0.29, 0.717) is 6.42 Å². The zero-order valence-electron chi connectivity index (χ0n) is 14.5. The van der Waals surface area contributed by atoms with Crippen molar-refractivity contribution in [3.63, 3.8) is 0 Å². The van der Waals surface area contributed by atoms with Crippen LogP contribution in [-0.4, -0.2) is 33.8 Å². The molecule has 25 heavy (non-hydrogen) atoms. The second kappa shape index (κ2) is 6.24. The highest BCUT2D eigenvalue weighted by Crippen LogP contribution is 2.35. The molecule has 2 aromatic heterocycles. The zero-order valence-corrected chi connectivity index (χ0v) is 14.5. The molecule has 0 spiro atoms. The van der Waals surface area contributed by atoms with Gasteiger partial charge in [0.2, 0.25) is 5.91 Å². The Bertz CT molecular complexity index is 932. The van der Waals surface area contributed by atoms with Gasteiger partial charge in [0.15, 0.2) is 0 Å². The number of benzene rings is 1. The molecule has 1 aromatic carbocycles. The molecule has 0 bridgehead atoms. The van der Waals surface area contributed by atoms with Gasteiger partial charge >= 0.3 is 0 Å². The van der Waals surface area contributed by atoms with E-state index in [4.69, 9.17) is 4.74 Å². The average Bonchev–Trinajstić information content (AvgIpc) is 2.98. The van der Waals surface area contributed by atoms with Crippen molar-refractivity contribution < 1.29 is 9.53 Å². The second-order valence-electron chi connectivity index (χ2n) is 6.48. The summed E-state index contributed by atoms with van der Waals surface area (Å²) in [4.78, 5) is 19.2. The third-order valence-electron chi connectivity index (χ3n) is 4.96. The van der Waals surface area contributed by atoms with Gasteiger partial charge in [0.25, 0.3) is 0 Å². The highest BCUT2D eigenvalue weighted by atomic mass is 16.5. The highest BCUT2D eigenvalue weighted by Gasteiger charge is 2.33. The molecule has 1 atom stereocenters. The Hall–Kier alpha value is -2.82. The number of nitrogens with zero attached hydrogens (tertiary/aromatic N) is 3. The van der Waals surface area contributed by atoms with Crippen LogP contribution >= 0.6 is 0 Å². The van der Waals surface area contributed by atoms with Crippen LogP contribution in [0, 0.1) is 6.92 Å². The van der Waals surface area contributed by atoms with Gasteiger partial charge in [0.05, 0.1) is 25.3 Å². The van der Waals surface area contributed by atoms with Gasteiger partial charge in [0, 0.05) is 18.9 Å². The van der Waals surface area contributed by atoms with Gasteiger partial charge in [-0.25, -0.2) is 4.98 Å². The van der Waals surface area contributed by atoms with E-state index in [-0.39, 0.29) is 11.9 Å². The van der Waals surface area contributed by atoms with Crippen LogP contribution in [0.4, 0.5) is 0 Å². The van der Waals surface area contributed by atoms with Crippen molar-refractivity contribution in [2.75, 3.05) is 13.7 Å². The molecule has 1 unspecified atom stereocenters. The Balaban J connectivity index is 1.53. The summed E-state index contributed by atoms with van der Waals surface area (Å²) in [5, 5.41) is 0. The largest absolute Gasteiger partial charge is 0.497 e. The van der Waals surface area contributed by atoms with Gasteiger partial charge < -0.3 is 14.0 Å². The Kier molecular flexibility index (Phi) is 3.92. The molecule has 3 aromatic rings. The van der Waals surface area contributed by atoms with Crippen LogP contribution in [0.5, 0.6) is 5.75 Å². The number of rotatable bonds is 4. The molecule has 0 aliphatic carbocycles. The summed E-state index contributed by atoms with van der Waals surface area (Å²) in [6.45, 7) is 2.83. The first kappa shape index (κ1) is 15.7. The summed E-state index contributed by atoms with van der Waals surface area (Å²) in [7, 11) is 1.66. The van der Waals surface area contributed by atoms with E-state index in [1.807, 2.05) is 52.8 Å². The van der Waals surface area contributed by atoms with Crippen LogP contribution < -0.4 is 4.74 Å². The minimum atomic E-state index is 0.141. The monoisotopic (exact) mass is 335 g/mol. The van der Waals surface area contributed by atoms with Crippen LogP contribution in [-0.2, 0) is 11.2 Å². The summed E-state index contributed by atoms with van der Waals surface area (Å²) in [5.41, 5.74) is 4.09. The molecule has 1 saturated heterocycles. The SMILES string of the molecule is COc1cccc(C2CCN2C(=O)Cc2cnc3c(C)cccn23)c1. The first-order valence-corrected chi connectivity index (χ1v) is 8.52. The smallest absolute Gasteiger partial charge is 0.229 e. The number of fused-ring (bicyclic) bond motifs is 1. The molecule has 1 fully saturated rings. The van der Waals surface area contributed by atoms with E-state index >= 15 is 0 Å². The van der Waals surface area contributed by atoms with Crippen molar-refractivity contribution in [3.8, 4) is 5.75 Å². The lowest BCUT2D eigenvalue weighted by molar-refractivity contribution is -0.138. The normalized spacial score (nSPS) is 16.7. The third-order valence-corrected chi connectivity index (χ3v) is 4.96. The number of carbonyl (C=O) groups is 1. The summed E-state index contributed by atoms with van der Waals surface area (Å²) < 4.78 is 7.31. The number of likely N-dealkylation sites (tertiary alicyclic amines) is 1. The quantitative estimate of drug-likeness (QED) is 0.736. The Morgan fingerprint density at radius 2 is 2.20 bits per heavy atom. The number of amides is 1. The van der Waals surface area contributed by atoms with Crippen molar-refractivity contribution in [2.45, 2.75) is 25.8 Å². The molecule has 0 saturated carbocycles. The number of hydrogen-bond donors (Lipinski definition) is 0. The highest BCUT2D eigenvalue weighted by molar-refractivity contribution is 5.80. The van der Waals surface area contributed by atoms with Gasteiger partial charge in [-0.3, -0.25) is 4.79 Å². The molecule has 4 rings (SSSR count). The average molecular weight is 335 g/mol. The molecule has 128 valence electrons. The first-order chi connectivity index (χ1) is 12.2. The topological polar surface area (TPSA) is 46.8 Å². The lowest BCUT2D eigenvalue weighted by Gasteiger charge is -2.41. The number of pyridine rings is 1. The number of hydrogen-bond acceptors (Lipinski definition) is 3. The maximum Gasteiger partial charge on any atom is 0.229 e. The number of ether oxygens (including phenoxy) is 1. The minimum absolute atomic E-state index is 0.141. The number of carbonyl (C=O) groups excluding carboxylic acids is 1. The minimum Gasteiger partial charge on any atom is -0.497 e. The van der Waals surface area contributed by atoms with E-state index < -0.39 is 0 Å². The molecular formula is C20H21N3O2. The molecule has 1 amide bonds. The summed E-state index contributed by atoms with van der Waals surface area (Å²) in [6.07, 6.45) is 5.13. The van der Waals surface area contributed by atoms with E-state index in [2.05, 4.69) is 11.1 Å². The lowest BCUT2D eigenvalue weighted by atomic mass is 9.94. The molecule has 3 heterocycles. The van der Waals surface area contributed by atoms with Gasteiger partial charge in [-0.1, -0.05) is 18.2 Å². The van der Waals surface area contributed by atoms with Gasteiger partial charge in [0.1, 0.15) is 11.4 Å². The lowest BCUT2D eigenvalue weighted by Crippen LogP contribution is -2.45. The zero-order chi connectivity index (χ0) is 17.4. The molecule has 1 aliphatic rings. The maximum atomic E-state index is 12.8. The predicted octanol–water partition coefficient (Wildman–Crippen LogP) is 3.17. The molecule has 5 heteroatoms. The Morgan fingerprint density at radius 3 is 2.96 bits per heavy atom. The predicted molar refractivity (Wildman–Crippen MR) is 95.7 cm³/mol. The third kappa shape index (κ3) is 2.76. The molecule has 1 aliphatic heterocycles. The first-order valence-electron chi connectivity index (χ1n) is 8.52. The van der Waals surface area contributed by atoms with Crippen molar-refractivity contribution in [2.24, 2.45) is 0 Å². The maximum absolute atomic E-state index is 12.8. The Labute approximate surface area is 146 Å². The van der Waals surface area contributed by atoms with Gasteiger partial charge in [-0.05, 0) is 42.7 Å². The number of methoxy groups -OCH3 is 1. The summed E-state index contributed by atoms with van der Waals surface area (Å²) in [6, 6.07) is 12.1. The summed E-state index contributed by atoms with van der Waals surface area (Å²) in [5.74, 6) is 0.969. The number of imidazole rings is 1. The van der Waals surface area contributed by atoms with Crippen molar-refractivity contribution in [1.82, 2.24) is 14.3 Å². The fourth-order valence-electron chi connectivity index (χ4n) is 3.47. The van der Waals surface area contributed by atoms with Crippen molar-refractivity contribution in [3.05, 3.63) is 65.6 Å². The second-order valence-corrected chi connectivity index (χ2v) is 6.48. The van der Waals surface area contributed by atoms with E-state index in [1.165, 1.54) is 0 Å². The van der Waals surface area contributed by atoms with Crippen LogP contribution in [0.2, 0.25) is 0 Å². The fraction of sp³-hybridized carbons (Fsp3) is 0.300. The Morgan fingerprint density at radius 1 is 1.32 bits per heavy atom. The van der Waals surface area contributed by atoms with Crippen LogP contribution in [0.25, 0.3) is 5.65 Å². The van der Waals surface area contributed by atoms with Crippen LogP contribution in [0.1, 0.15) is 29.3 Å². The van der Waals surface area contributed by atoms with Crippen molar-refractivity contribution in [1.29, 1.82) is 0 Å². The summed E-state index contributed by atoms with van der Waals surface area (Å²) >= 11 is 0. The fourth-order valence-corrected chi connectivity index (χ4v) is 3.47. The van der Waals surface area contributed by atoms with Crippen LogP contribution in [0.3, 0.4) is 0 Å². The van der Waals surface area contributed by atoms with Crippen LogP contribution in [0.15, 0.2) is 48.8 Å². The van der Waals surface area contributed by atoms with E-state index in [1.54, 1.807) is 13.3 Å².